The normalized spacial score (nSPS) is 17.6. The van der Waals surface area contributed by atoms with Gasteiger partial charge in [0.05, 0.1) is 0 Å². The number of carboxylic acids is 1. The number of aliphatic carboxylic acids is 1. The molecule has 1 atom stereocenters. The van der Waals surface area contributed by atoms with Crippen LogP contribution < -0.4 is 4.74 Å². The molecular weight excluding hydrogens is 345 g/mol. The third-order valence-corrected chi connectivity index (χ3v) is 5.02. The van der Waals surface area contributed by atoms with Crippen LogP contribution in [-0.2, 0) is 17.8 Å². The van der Waals surface area contributed by atoms with Crippen LogP contribution in [0.2, 0.25) is 0 Å². The molecule has 0 unspecified atom stereocenters. The topological polar surface area (TPSA) is 49.8 Å². The molecule has 144 valence electrons. The Morgan fingerprint density at radius 3 is 2.78 bits per heavy atom. The van der Waals surface area contributed by atoms with Crippen molar-refractivity contribution in [1.29, 1.82) is 0 Å². The molecule has 1 heterocycles. The van der Waals surface area contributed by atoms with E-state index in [4.69, 9.17) is 9.84 Å². The fourth-order valence-corrected chi connectivity index (χ4v) is 3.69. The highest BCUT2D eigenvalue weighted by molar-refractivity contribution is 5.68. The van der Waals surface area contributed by atoms with Gasteiger partial charge in [0.1, 0.15) is 11.6 Å². The van der Waals surface area contributed by atoms with E-state index in [1.807, 2.05) is 24.3 Å². The molecule has 0 aliphatic carbocycles. The largest absolute Gasteiger partial charge is 0.482 e. The predicted octanol–water partition coefficient (Wildman–Crippen LogP) is 4.13. The van der Waals surface area contributed by atoms with Gasteiger partial charge in [0.25, 0.3) is 0 Å². The summed E-state index contributed by atoms with van der Waals surface area (Å²) in [6.07, 6.45) is 4.52. The number of ether oxygens (including phenoxy) is 1. The van der Waals surface area contributed by atoms with Crippen molar-refractivity contribution in [3.63, 3.8) is 0 Å². The Labute approximate surface area is 159 Å². The second-order valence-corrected chi connectivity index (χ2v) is 7.24. The zero-order valence-corrected chi connectivity index (χ0v) is 15.4. The van der Waals surface area contributed by atoms with Crippen molar-refractivity contribution in [3.05, 3.63) is 65.5 Å². The van der Waals surface area contributed by atoms with Gasteiger partial charge in [-0.25, -0.2) is 9.18 Å². The van der Waals surface area contributed by atoms with Gasteiger partial charge in [-0.3, -0.25) is 4.90 Å². The summed E-state index contributed by atoms with van der Waals surface area (Å²) in [7, 11) is 0. The van der Waals surface area contributed by atoms with Gasteiger partial charge in [0, 0.05) is 13.1 Å². The lowest BCUT2D eigenvalue weighted by Gasteiger charge is -2.33. The molecule has 1 fully saturated rings. The number of likely N-dealkylation sites (tertiary alicyclic amines) is 1. The number of carbonyl (C=O) groups is 1. The summed E-state index contributed by atoms with van der Waals surface area (Å²) in [5.41, 5.74) is 2.33. The maximum Gasteiger partial charge on any atom is 0.341 e. The Morgan fingerprint density at radius 1 is 1.19 bits per heavy atom. The number of halogens is 1. The first-order valence-electron chi connectivity index (χ1n) is 9.49. The fourth-order valence-electron chi connectivity index (χ4n) is 3.69. The van der Waals surface area contributed by atoms with Crippen LogP contribution in [0.1, 0.15) is 30.4 Å². The van der Waals surface area contributed by atoms with E-state index in [-0.39, 0.29) is 12.4 Å². The molecular formula is C22H26FNO3. The molecule has 0 aromatic heterocycles. The van der Waals surface area contributed by atoms with Gasteiger partial charge in [0.15, 0.2) is 6.61 Å². The van der Waals surface area contributed by atoms with Gasteiger partial charge < -0.3 is 9.84 Å². The number of hydrogen-bond acceptors (Lipinski definition) is 3. The van der Waals surface area contributed by atoms with Crippen molar-refractivity contribution in [1.82, 2.24) is 4.90 Å². The van der Waals surface area contributed by atoms with E-state index in [9.17, 15) is 9.18 Å². The molecule has 0 saturated carbocycles. The van der Waals surface area contributed by atoms with Crippen molar-refractivity contribution >= 4 is 5.97 Å². The van der Waals surface area contributed by atoms with Crippen molar-refractivity contribution in [2.45, 2.75) is 32.2 Å². The van der Waals surface area contributed by atoms with Gasteiger partial charge in [-0.05, 0) is 73.5 Å². The lowest BCUT2D eigenvalue weighted by molar-refractivity contribution is -0.139. The Balaban J connectivity index is 1.50. The number of hydrogen-bond donors (Lipinski definition) is 1. The Hall–Kier alpha value is -2.40. The first-order valence-corrected chi connectivity index (χ1v) is 9.49. The molecule has 2 aromatic rings. The Bertz CT molecular complexity index is 747. The van der Waals surface area contributed by atoms with Crippen molar-refractivity contribution in [2.24, 2.45) is 5.92 Å². The number of benzene rings is 2. The predicted molar refractivity (Wildman–Crippen MR) is 102 cm³/mol. The van der Waals surface area contributed by atoms with E-state index in [2.05, 4.69) is 11.0 Å². The molecule has 1 aliphatic heterocycles. The second-order valence-electron chi connectivity index (χ2n) is 7.24. The summed E-state index contributed by atoms with van der Waals surface area (Å²) >= 11 is 0. The minimum atomic E-state index is -0.972. The summed E-state index contributed by atoms with van der Waals surface area (Å²) in [6, 6.07) is 14.5. The summed E-state index contributed by atoms with van der Waals surface area (Å²) in [5, 5.41) is 8.73. The molecule has 5 heteroatoms. The van der Waals surface area contributed by atoms with Crippen LogP contribution in [0.15, 0.2) is 48.5 Å². The fraction of sp³-hybridized carbons (Fsp3) is 0.409. The van der Waals surface area contributed by atoms with Gasteiger partial charge in [-0.2, -0.15) is 0 Å². The number of aryl methyl sites for hydroxylation is 1. The highest BCUT2D eigenvalue weighted by atomic mass is 19.1. The second kappa shape index (κ2) is 9.51. The van der Waals surface area contributed by atoms with E-state index in [1.165, 1.54) is 30.5 Å². The average Bonchev–Trinajstić information content (AvgIpc) is 2.67. The van der Waals surface area contributed by atoms with Crippen LogP contribution in [0.3, 0.4) is 0 Å². The lowest BCUT2D eigenvalue weighted by atomic mass is 9.91. The number of piperidine rings is 1. The molecule has 0 bridgehead atoms. The van der Waals surface area contributed by atoms with E-state index in [0.29, 0.717) is 11.7 Å². The van der Waals surface area contributed by atoms with Crippen LogP contribution in [0.25, 0.3) is 0 Å². The first-order chi connectivity index (χ1) is 13.1. The summed E-state index contributed by atoms with van der Waals surface area (Å²) in [6.45, 7) is 2.66. The highest BCUT2D eigenvalue weighted by Crippen LogP contribution is 2.24. The Morgan fingerprint density at radius 2 is 2.00 bits per heavy atom. The minimum Gasteiger partial charge on any atom is -0.482 e. The Kier molecular flexibility index (Phi) is 6.82. The van der Waals surface area contributed by atoms with Crippen molar-refractivity contribution in [3.8, 4) is 5.75 Å². The molecule has 1 saturated heterocycles. The molecule has 1 N–H and O–H groups in total. The summed E-state index contributed by atoms with van der Waals surface area (Å²) in [4.78, 5) is 13.1. The molecule has 4 nitrogen and oxygen atoms in total. The van der Waals surface area contributed by atoms with Crippen LogP contribution in [0.4, 0.5) is 4.39 Å². The molecule has 0 spiro atoms. The molecule has 27 heavy (non-hydrogen) atoms. The van der Waals surface area contributed by atoms with Crippen molar-refractivity contribution in [2.75, 3.05) is 19.7 Å². The van der Waals surface area contributed by atoms with Gasteiger partial charge in [0.2, 0.25) is 0 Å². The lowest BCUT2D eigenvalue weighted by Crippen LogP contribution is -2.35. The van der Waals surface area contributed by atoms with Crippen LogP contribution in [0.5, 0.6) is 5.75 Å². The summed E-state index contributed by atoms with van der Waals surface area (Å²) in [5.74, 6) is 0.0904. The van der Waals surface area contributed by atoms with Crippen LogP contribution in [0, 0.1) is 11.7 Å². The molecule has 1 aliphatic rings. The van der Waals surface area contributed by atoms with Gasteiger partial charge >= 0.3 is 5.97 Å². The van der Waals surface area contributed by atoms with E-state index in [0.717, 1.165) is 38.0 Å². The maximum absolute atomic E-state index is 13.0. The van der Waals surface area contributed by atoms with Gasteiger partial charge in [-0.15, -0.1) is 0 Å². The average molecular weight is 371 g/mol. The third-order valence-electron chi connectivity index (χ3n) is 5.02. The third kappa shape index (κ3) is 6.36. The van der Waals surface area contributed by atoms with Gasteiger partial charge in [-0.1, -0.05) is 24.3 Å². The highest BCUT2D eigenvalue weighted by Gasteiger charge is 2.20. The van der Waals surface area contributed by atoms with Crippen LogP contribution in [-0.4, -0.2) is 35.7 Å². The quantitative estimate of drug-likeness (QED) is 0.758. The first kappa shape index (κ1) is 19.4. The maximum atomic E-state index is 13.0. The number of rotatable bonds is 8. The summed E-state index contributed by atoms with van der Waals surface area (Å²) < 4.78 is 18.3. The van der Waals surface area contributed by atoms with E-state index in [1.54, 1.807) is 6.07 Å². The van der Waals surface area contributed by atoms with Crippen molar-refractivity contribution < 1.29 is 19.0 Å². The minimum absolute atomic E-state index is 0.183. The molecule has 3 rings (SSSR count). The monoisotopic (exact) mass is 371 g/mol. The standard InChI is InChI=1S/C22H26FNO3/c23-20-10-8-17(9-11-20)6-7-18-4-2-12-24(14-18)15-19-3-1-5-21(13-19)27-16-22(25)26/h1,3,5,8-11,13,18H,2,4,6-7,12,14-16H2,(H,25,26)/t18-/m1/s1. The zero-order chi connectivity index (χ0) is 19.1. The zero-order valence-electron chi connectivity index (χ0n) is 15.4. The number of nitrogens with zero attached hydrogens (tertiary/aromatic N) is 1. The molecule has 0 radical (unpaired) electrons. The van der Waals surface area contributed by atoms with E-state index < -0.39 is 5.97 Å². The smallest absolute Gasteiger partial charge is 0.341 e. The molecule has 0 amide bonds. The SMILES string of the molecule is O=C(O)COc1cccc(CN2CCC[C@H](CCc3ccc(F)cc3)C2)c1. The van der Waals surface area contributed by atoms with Crippen LogP contribution >= 0.6 is 0 Å². The molecule has 2 aromatic carbocycles. The number of carboxylic acid groups (broad SMARTS) is 1. The van der Waals surface area contributed by atoms with E-state index >= 15 is 0 Å².